The number of hydrogen-bond acceptors (Lipinski definition) is 4. The van der Waals surface area contributed by atoms with Gasteiger partial charge in [0, 0.05) is 0 Å². The van der Waals surface area contributed by atoms with Gasteiger partial charge in [-0.1, -0.05) is 66.7 Å². The van der Waals surface area contributed by atoms with Crippen LogP contribution in [0.2, 0.25) is 0 Å². The summed E-state index contributed by atoms with van der Waals surface area (Å²) in [5.74, 6) is 0. The number of rotatable bonds is 3. The van der Waals surface area contributed by atoms with Crippen LogP contribution in [0.15, 0.2) is 60.7 Å². The Hall–Kier alpha value is -3.78. The zero-order chi connectivity index (χ0) is 17.9. The largest absolute Gasteiger partial charge is 0.210 e. The maximum atomic E-state index is 9.44. The van der Waals surface area contributed by atoms with Crippen molar-refractivity contribution in [2.75, 3.05) is 0 Å². The number of benzene rings is 2. The minimum atomic E-state index is 0.242. The van der Waals surface area contributed by atoms with Crippen LogP contribution in [0, 0.1) is 18.3 Å². The highest BCUT2D eigenvalue weighted by Crippen LogP contribution is 2.27. The van der Waals surface area contributed by atoms with E-state index in [0.717, 1.165) is 22.4 Å². The molecule has 0 bridgehead atoms. The third kappa shape index (κ3) is 2.74. The summed E-state index contributed by atoms with van der Waals surface area (Å²) >= 11 is 0. The second kappa shape index (κ2) is 6.61. The molecule has 0 amide bonds. The average Bonchev–Trinajstić information content (AvgIpc) is 3.03. The van der Waals surface area contributed by atoms with Gasteiger partial charge < -0.3 is 0 Å². The molecule has 5 nitrogen and oxygen atoms in total. The highest BCUT2D eigenvalue weighted by Gasteiger charge is 2.17. The summed E-state index contributed by atoms with van der Waals surface area (Å²) < 4.78 is 1.70. The Morgan fingerprint density at radius 1 is 0.923 bits per heavy atom. The van der Waals surface area contributed by atoms with Crippen LogP contribution in [0.25, 0.3) is 28.9 Å². The third-order valence-electron chi connectivity index (χ3n) is 4.15. The number of nitrogens with zero attached hydrogens (tertiary/aromatic N) is 5. The molecule has 4 aromatic rings. The molecule has 0 aliphatic heterocycles. The second-order valence-electron chi connectivity index (χ2n) is 5.85. The lowest BCUT2D eigenvalue weighted by Crippen LogP contribution is -2.03. The first kappa shape index (κ1) is 15.7. The Morgan fingerprint density at radius 2 is 1.62 bits per heavy atom. The first-order chi connectivity index (χ1) is 12.8. The maximum Gasteiger partial charge on any atom is 0.188 e. The quantitative estimate of drug-likeness (QED) is 0.563. The Kier molecular flexibility index (Phi) is 4.00. The van der Waals surface area contributed by atoms with Crippen molar-refractivity contribution in [3.8, 4) is 17.2 Å². The van der Waals surface area contributed by atoms with Crippen LogP contribution in [0.3, 0.4) is 0 Å². The lowest BCUT2D eigenvalue weighted by atomic mass is 10.1. The molecule has 0 unspecified atom stereocenters. The van der Waals surface area contributed by atoms with Crippen LogP contribution in [0.1, 0.15) is 22.6 Å². The highest BCUT2D eigenvalue weighted by atomic mass is 15.3. The first-order valence-electron chi connectivity index (χ1n) is 8.22. The van der Waals surface area contributed by atoms with E-state index in [1.165, 1.54) is 0 Å². The van der Waals surface area contributed by atoms with Crippen LogP contribution in [-0.2, 0) is 0 Å². The minimum Gasteiger partial charge on any atom is -0.210 e. The van der Waals surface area contributed by atoms with Crippen molar-refractivity contribution in [3.63, 3.8) is 0 Å². The molecule has 0 atom stereocenters. The van der Waals surface area contributed by atoms with E-state index < -0.39 is 0 Å². The average molecular weight is 337 g/mol. The van der Waals surface area contributed by atoms with E-state index in [0.29, 0.717) is 11.3 Å². The molecular weight excluding hydrogens is 322 g/mol. The predicted octanol–water partition coefficient (Wildman–Crippen LogP) is 4.14. The second-order valence-corrected chi connectivity index (χ2v) is 5.85. The molecule has 0 saturated heterocycles. The molecule has 2 aromatic carbocycles. The molecule has 0 saturated carbocycles. The van der Waals surface area contributed by atoms with Gasteiger partial charge in [-0.15, -0.1) is 10.2 Å². The van der Waals surface area contributed by atoms with Gasteiger partial charge in [-0.05, 0) is 24.1 Å². The number of fused-ring (bicyclic) bond motifs is 1. The normalized spacial score (nSPS) is 11.1. The van der Waals surface area contributed by atoms with Crippen LogP contribution >= 0.6 is 0 Å². The van der Waals surface area contributed by atoms with Crippen LogP contribution < -0.4 is 0 Å². The van der Waals surface area contributed by atoms with Gasteiger partial charge in [0.2, 0.25) is 0 Å². The summed E-state index contributed by atoms with van der Waals surface area (Å²) in [4.78, 5) is 0. The summed E-state index contributed by atoms with van der Waals surface area (Å²) in [5.41, 5.74) is 5.33. The van der Waals surface area contributed by atoms with Crippen molar-refractivity contribution in [1.29, 1.82) is 5.26 Å². The predicted molar refractivity (Wildman–Crippen MR) is 101 cm³/mol. The topological polar surface area (TPSA) is 66.9 Å². The molecule has 124 valence electrons. The highest BCUT2D eigenvalue weighted by molar-refractivity contribution is 5.81. The van der Waals surface area contributed by atoms with Crippen molar-refractivity contribution in [3.05, 3.63) is 83.3 Å². The van der Waals surface area contributed by atoms with Crippen LogP contribution in [0.4, 0.5) is 0 Å². The molecule has 0 radical (unpaired) electrons. The minimum absolute atomic E-state index is 0.242. The fourth-order valence-corrected chi connectivity index (χ4v) is 2.94. The SMILES string of the molecule is Cc1nn2c(/C=C/c3ccccc3)c(C#N)nnc2c1-c1ccccc1. The standard InChI is InChI=1S/C21H15N5/c1-15-20(17-10-6-3-7-11-17)21-24-23-18(14-22)19(26(21)25-15)13-12-16-8-4-2-5-9-16/h2-13H,1H3/b13-12+. The molecule has 0 aliphatic carbocycles. The van der Waals surface area contributed by atoms with Crippen molar-refractivity contribution >= 4 is 17.8 Å². The van der Waals surface area contributed by atoms with Gasteiger partial charge in [-0.25, -0.2) is 4.52 Å². The van der Waals surface area contributed by atoms with Gasteiger partial charge in [0.25, 0.3) is 0 Å². The van der Waals surface area contributed by atoms with Crippen LogP contribution in [-0.4, -0.2) is 19.8 Å². The van der Waals surface area contributed by atoms with E-state index in [2.05, 4.69) is 21.4 Å². The van der Waals surface area contributed by atoms with E-state index >= 15 is 0 Å². The van der Waals surface area contributed by atoms with Crippen molar-refractivity contribution < 1.29 is 0 Å². The number of hydrogen-bond donors (Lipinski definition) is 0. The zero-order valence-electron chi connectivity index (χ0n) is 14.2. The lowest BCUT2D eigenvalue weighted by Gasteiger charge is -2.02. The van der Waals surface area contributed by atoms with Crippen molar-refractivity contribution in [2.45, 2.75) is 6.92 Å². The summed E-state index contributed by atoms with van der Waals surface area (Å²) in [6.45, 7) is 1.94. The summed E-state index contributed by atoms with van der Waals surface area (Å²) in [6, 6.07) is 22.0. The summed E-state index contributed by atoms with van der Waals surface area (Å²) in [5, 5.41) is 22.4. The smallest absolute Gasteiger partial charge is 0.188 e. The molecule has 2 heterocycles. The number of aryl methyl sites for hydroxylation is 1. The third-order valence-corrected chi connectivity index (χ3v) is 4.15. The molecule has 5 heteroatoms. The zero-order valence-corrected chi connectivity index (χ0v) is 14.2. The summed E-state index contributed by atoms with van der Waals surface area (Å²) in [6.07, 6.45) is 3.80. The van der Waals surface area contributed by atoms with Gasteiger partial charge in [0.1, 0.15) is 11.8 Å². The van der Waals surface area contributed by atoms with Crippen molar-refractivity contribution in [2.24, 2.45) is 0 Å². The van der Waals surface area contributed by atoms with Gasteiger partial charge in [0.15, 0.2) is 11.3 Å². The van der Waals surface area contributed by atoms with E-state index in [4.69, 9.17) is 0 Å². The van der Waals surface area contributed by atoms with E-state index in [1.807, 2.05) is 79.7 Å². The van der Waals surface area contributed by atoms with Gasteiger partial charge in [-0.2, -0.15) is 10.4 Å². The monoisotopic (exact) mass is 337 g/mol. The molecule has 4 rings (SSSR count). The first-order valence-corrected chi connectivity index (χ1v) is 8.22. The molecule has 0 fully saturated rings. The van der Waals surface area contributed by atoms with E-state index in [1.54, 1.807) is 4.52 Å². The van der Waals surface area contributed by atoms with Gasteiger partial charge in [-0.3, -0.25) is 0 Å². The van der Waals surface area contributed by atoms with E-state index in [9.17, 15) is 5.26 Å². The van der Waals surface area contributed by atoms with Crippen LogP contribution in [0.5, 0.6) is 0 Å². The Labute approximate surface area is 150 Å². The van der Waals surface area contributed by atoms with Crippen molar-refractivity contribution in [1.82, 2.24) is 19.8 Å². The fraction of sp³-hybridized carbons (Fsp3) is 0.0476. The molecule has 0 spiro atoms. The fourth-order valence-electron chi connectivity index (χ4n) is 2.94. The molecule has 2 aromatic heterocycles. The maximum absolute atomic E-state index is 9.44. The summed E-state index contributed by atoms with van der Waals surface area (Å²) in [7, 11) is 0. The van der Waals surface area contributed by atoms with E-state index in [-0.39, 0.29) is 5.69 Å². The molecular formula is C21H15N5. The van der Waals surface area contributed by atoms with Gasteiger partial charge in [0.05, 0.1) is 11.3 Å². The lowest BCUT2D eigenvalue weighted by molar-refractivity contribution is 0.856. The Bertz CT molecular complexity index is 1140. The molecule has 0 aliphatic rings. The molecule has 26 heavy (non-hydrogen) atoms. The molecule has 0 N–H and O–H groups in total. The number of nitriles is 1. The Balaban J connectivity index is 1.92. The Morgan fingerprint density at radius 3 is 2.31 bits per heavy atom. The number of aromatic nitrogens is 4. The van der Waals surface area contributed by atoms with Gasteiger partial charge >= 0.3 is 0 Å².